The molecule has 7 nitrogen and oxygen atoms in total. The van der Waals surface area contributed by atoms with Crippen molar-refractivity contribution in [2.24, 2.45) is 0 Å². The maximum absolute atomic E-state index is 11.5. The first-order valence-electron chi connectivity index (χ1n) is 13.4. The van der Waals surface area contributed by atoms with E-state index >= 15 is 0 Å². The maximum Gasteiger partial charge on any atom is 0.320 e. The van der Waals surface area contributed by atoms with Gasteiger partial charge in [0.05, 0.1) is 13.2 Å². The number of phenols is 2. The molecule has 3 aromatic rings. The first-order chi connectivity index (χ1) is 18.5. The van der Waals surface area contributed by atoms with Gasteiger partial charge in [0.1, 0.15) is 29.0 Å². The van der Waals surface area contributed by atoms with E-state index in [1.54, 1.807) is 24.3 Å². The van der Waals surface area contributed by atoms with Gasteiger partial charge in [-0.15, -0.1) is 0 Å². The number of carboxylic acid groups (broad SMARTS) is 1. The van der Waals surface area contributed by atoms with Crippen LogP contribution in [0.2, 0.25) is 0 Å². The Labute approximate surface area is 223 Å². The minimum atomic E-state index is -0.711. The van der Waals surface area contributed by atoms with Crippen LogP contribution in [0.1, 0.15) is 60.6 Å². The predicted octanol–water partition coefficient (Wildman–Crippen LogP) is 5.50. The second-order valence-corrected chi connectivity index (χ2v) is 10.2. The molecule has 2 aliphatic heterocycles. The molecule has 3 N–H and O–H groups in total. The number of aliphatic carboxylic acids is 1. The van der Waals surface area contributed by atoms with Crippen LogP contribution in [0.4, 0.5) is 0 Å². The summed E-state index contributed by atoms with van der Waals surface area (Å²) in [5.41, 5.74) is 3.21. The molecule has 3 atom stereocenters. The van der Waals surface area contributed by atoms with Gasteiger partial charge < -0.3 is 24.8 Å². The van der Waals surface area contributed by atoms with Crippen LogP contribution >= 0.6 is 0 Å². The molecule has 1 saturated heterocycles. The molecule has 3 aromatic carbocycles. The number of piperidine rings is 1. The van der Waals surface area contributed by atoms with Crippen LogP contribution in [0, 0.1) is 0 Å². The largest absolute Gasteiger partial charge is 0.508 e. The zero-order valence-corrected chi connectivity index (χ0v) is 21.5. The molecular weight excluding hydrogens is 482 g/mol. The molecule has 1 unspecified atom stereocenters. The Balaban J connectivity index is 1.23. The highest BCUT2D eigenvalue weighted by Gasteiger charge is 2.34. The molecule has 0 saturated carbocycles. The lowest BCUT2D eigenvalue weighted by Gasteiger charge is -2.34. The zero-order valence-electron chi connectivity index (χ0n) is 21.5. The number of phenolic OH excluding ortho intramolecular Hbond substituents is 2. The number of ether oxygens (including phenoxy) is 2. The Morgan fingerprint density at radius 3 is 2.42 bits per heavy atom. The summed E-state index contributed by atoms with van der Waals surface area (Å²) in [6, 6.07) is 20.3. The van der Waals surface area contributed by atoms with Crippen molar-refractivity contribution in [2.75, 3.05) is 26.3 Å². The molecule has 7 heteroatoms. The molecule has 0 radical (unpaired) electrons. The van der Waals surface area contributed by atoms with E-state index < -0.39 is 5.97 Å². The Hall–Kier alpha value is -3.71. The zero-order chi connectivity index (χ0) is 26.5. The van der Waals surface area contributed by atoms with Gasteiger partial charge in [-0.1, -0.05) is 36.8 Å². The minimum absolute atomic E-state index is 0.0182. The number of hydrogen-bond donors (Lipinski definition) is 3. The topological polar surface area (TPSA) is 99.5 Å². The van der Waals surface area contributed by atoms with Gasteiger partial charge in [-0.2, -0.15) is 0 Å². The highest BCUT2D eigenvalue weighted by atomic mass is 16.5. The fourth-order valence-corrected chi connectivity index (χ4v) is 5.74. The van der Waals surface area contributed by atoms with Crippen LogP contribution in [-0.2, 0) is 4.79 Å². The standard InChI is InChI=1S/C31H35NO6/c33-23-10-6-21(7-11-23)27-20-38-29-19-24(34)12-15-26(29)30(27)22-8-13-25(14-9-22)37-18-4-3-17-32-16-2-1-5-28(32)31(35)36/h6-15,19,27-28,30,33-34H,1-5,16-18,20H2,(H,35,36)/t27-,28?,30-/m1/s1. The molecule has 38 heavy (non-hydrogen) atoms. The third-order valence-electron chi connectivity index (χ3n) is 7.72. The highest BCUT2D eigenvalue weighted by Crippen LogP contribution is 2.47. The number of rotatable bonds is 9. The van der Waals surface area contributed by atoms with E-state index in [4.69, 9.17) is 9.47 Å². The lowest BCUT2D eigenvalue weighted by molar-refractivity contribution is -0.144. The molecule has 0 bridgehead atoms. The molecule has 2 aliphatic rings. The number of carboxylic acids is 1. The molecule has 200 valence electrons. The smallest absolute Gasteiger partial charge is 0.320 e. The maximum atomic E-state index is 11.5. The van der Waals surface area contributed by atoms with E-state index in [-0.39, 0.29) is 29.4 Å². The lowest BCUT2D eigenvalue weighted by atomic mass is 9.76. The van der Waals surface area contributed by atoms with Crippen molar-refractivity contribution in [3.8, 4) is 23.0 Å². The van der Waals surface area contributed by atoms with E-state index in [0.717, 1.165) is 67.6 Å². The average molecular weight is 518 g/mol. The van der Waals surface area contributed by atoms with Gasteiger partial charge in [0.2, 0.25) is 0 Å². The summed E-state index contributed by atoms with van der Waals surface area (Å²) >= 11 is 0. The van der Waals surface area contributed by atoms with E-state index in [2.05, 4.69) is 17.0 Å². The molecule has 2 heterocycles. The lowest BCUT2D eigenvalue weighted by Crippen LogP contribution is -2.45. The van der Waals surface area contributed by atoms with E-state index in [0.29, 0.717) is 19.0 Å². The van der Waals surface area contributed by atoms with Crippen LogP contribution < -0.4 is 9.47 Å². The molecule has 0 amide bonds. The van der Waals surface area contributed by atoms with Crippen LogP contribution in [0.5, 0.6) is 23.0 Å². The second-order valence-electron chi connectivity index (χ2n) is 10.2. The van der Waals surface area contributed by atoms with Gasteiger partial charge >= 0.3 is 5.97 Å². The summed E-state index contributed by atoms with van der Waals surface area (Å²) in [6.45, 7) is 2.69. The predicted molar refractivity (Wildman–Crippen MR) is 144 cm³/mol. The number of benzene rings is 3. The first-order valence-corrected chi connectivity index (χ1v) is 13.4. The van der Waals surface area contributed by atoms with Crippen molar-refractivity contribution in [1.82, 2.24) is 4.90 Å². The van der Waals surface area contributed by atoms with Crippen molar-refractivity contribution in [3.05, 3.63) is 83.4 Å². The van der Waals surface area contributed by atoms with E-state index in [1.807, 2.05) is 30.3 Å². The molecule has 5 rings (SSSR count). The fraction of sp³-hybridized carbons (Fsp3) is 0.387. The van der Waals surface area contributed by atoms with Crippen LogP contribution in [0.3, 0.4) is 0 Å². The number of fused-ring (bicyclic) bond motifs is 1. The van der Waals surface area contributed by atoms with Crippen LogP contribution in [0.15, 0.2) is 66.7 Å². The van der Waals surface area contributed by atoms with E-state index in [9.17, 15) is 20.1 Å². The summed E-state index contributed by atoms with van der Waals surface area (Å²) in [6.07, 6.45) is 4.57. The van der Waals surface area contributed by atoms with Crippen LogP contribution in [-0.4, -0.2) is 58.5 Å². The normalized spacial score (nSPS) is 21.3. The minimum Gasteiger partial charge on any atom is -0.508 e. The van der Waals surface area contributed by atoms with Gasteiger partial charge in [-0.3, -0.25) is 9.69 Å². The van der Waals surface area contributed by atoms with Crippen molar-refractivity contribution < 1.29 is 29.6 Å². The molecular formula is C31H35NO6. The fourth-order valence-electron chi connectivity index (χ4n) is 5.74. The van der Waals surface area contributed by atoms with E-state index in [1.165, 1.54) is 0 Å². The van der Waals surface area contributed by atoms with Gasteiger partial charge in [0.25, 0.3) is 0 Å². The number of likely N-dealkylation sites (tertiary alicyclic amines) is 1. The SMILES string of the molecule is O=C(O)C1CCCCN1CCCCOc1ccc([C@@H]2c3ccc(O)cc3OC[C@@H]2c2ccc(O)cc2)cc1. The number of hydrogen-bond acceptors (Lipinski definition) is 6. The summed E-state index contributed by atoms with van der Waals surface area (Å²) in [5, 5.41) is 29.2. The Morgan fingerprint density at radius 2 is 1.66 bits per heavy atom. The Morgan fingerprint density at radius 1 is 0.921 bits per heavy atom. The van der Waals surface area contributed by atoms with Crippen molar-refractivity contribution in [3.63, 3.8) is 0 Å². The summed E-state index contributed by atoms with van der Waals surface area (Å²) < 4.78 is 12.0. The second kappa shape index (κ2) is 11.8. The van der Waals surface area contributed by atoms with Crippen molar-refractivity contribution in [2.45, 2.75) is 50.0 Å². The summed E-state index contributed by atoms with van der Waals surface area (Å²) in [7, 11) is 0. The summed E-state index contributed by atoms with van der Waals surface area (Å²) in [4.78, 5) is 13.6. The third kappa shape index (κ3) is 5.89. The molecule has 0 spiro atoms. The van der Waals surface area contributed by atoms with Gasteiger partial charge in [0.15, 0.2) is 0 Å². The quantitative estimate of drug-likeness (QED) is 0.322. The van der Waals surface area contributed by atoms with Crippen LogP contribution in [0.25, 0.3) is 0 Å². The highest BCUT2D eigenvalue weighted by molar-refractivity contribution is 5.73. The molecule has 0 aliphatic carbocycles. The van der Waals surface area contributed by atoms with Crippen molar-refractivity contribution >= 4 is 5.97 Å². The van der Waals surface area contributed by atoms with Gasteiger partial charge in [-0.25, -0.2) is 0 Å². The van der Waals surface area contributed by atoms with Gasteiger partial charge in [-0.05, 0) is 80.2 Å². The molecule has 1 fully saturated rings. The summed E-state index contributed by atoms with van der Waals surface area (Å²) in [5.74, 6) is 1.24. The first kappa shape index (κ1) is 25.9. The number of aromatic hydroxyl groups is 2. The number of nitrogens with zero attached hydrogens (tertiary/aromatic N) is 1. The molecule has 0 aromatic heterocycles. The number of carbonyl (C=O) groups is 1. The average Bonchev–Trinajstić information content (AvgIpc) is 2.93. The van der Waals surface area contributed by atoms with Gasteiger partial charge in [0, 0.05) is 23.5 Å². The Kier molecular flexibility index (Phi) is 8.03. The van der Waals surface area contributed by atoms with Crippen molar-refractivity contribution in [1.29, 1.82) is 0 Å². The third-order valence-corrected chi connectivity index (χ3v) is 7.72. The number of unbranched alkanes of at least 4 members (excludes halogenated alkanes) is 1. The monoisotopic (exact) mass is 517 g/mol. The Bertz CT molecular complexity index is 1230.